The number of pyridine rings is 1. The van der Waals surface area contributed by atoms with Crippen molar-refractivity contribution < 1.29 is 37.8 Å². The van der Waals surface area contributed by atoms with E-state index in [9.17, 15) is 32.7 Å². The number of nitrogens with zero attached hydrogens (tertiary/aromatic N) is 5. The number of thiophene rings is 1. The summed E-state index contributed by atoms with van der Waals surface area (Å²) in [4.78, 5) is 57.5. The standard InChI is InChI=1S/C40H37N7O8S2/c41-46-43-21-4-22-47(30-19-20-33(40(52)53)42-24-30)57(54,55)31-6-3-5-28(23-31)36(48)45-38-35(32-7-1-2-8-34(32)56-38)37(49)44-29-17-13-26(14-18-29)10-9-25-11-15-27(16-12-25)39(50)51/h3,5-6,11-20,23-24H,1-2,4,7-10,21-22H2,(H,44,49)(H,45,48)(H,50,51)(H,52,53). The number of carbonyl (C=O) groups excluding carboxylic acids is 2. The number of azide groups is 1. The van der Waals surface area contributed by atoms with E-state index in [1.165, 1.54) is 47.7 Å². The van der Waals surface area contributed by atoms with Gasteiger partial charge in [0.1, 0.15) is 10.7 Å². The number of carboxylic acids is 2. The number of benzene rings is 3. The molecule has 2 heterocycles. The monoisotopic (exact) mass is 807 g/mol. The average Bonchev–Trinajstić information content (AvgIpc) is 3.58. The van der Waals surface area contributed by atoms with Gasteiger partial charge in [0.25, 0.3) is 21.8 Å². The molecule has 0 saturated heterocycles. The number of aryl methyl sites for hydroxylation is 3. The topological polar surface area (TPSA) is 232 Å². The van der Waals surface area contributed by atoms with Crippen molar-refractivity contribution in [3.63, 3.8) is 0 Å². The van der Waals surface area contributed by atoms with E-state index in [2.05, 4.69) is 25.6 Å². The lowest BCUT2D eigenvalue weighted by Crippen LogP contribution is -2.32. The summed E-state index contributed by atoms with van der Waals surface area (Å²) in [7, 11) is -4.34. The predicted octanol–water partition coefficient (Wildman–Crippen LogP) is 7.60. The largest absolute Gasteiger partial charge is 0.478 e. The molecular formula is C40H37N7O8S2. The van der Waals surface area contributed by atoms with Crippen molar-refractivity contribution in [2.75, 3.05) is 28.0 Å². The molecule has 0 bridgehead atoms. The molecule has 0 unspecified atom stereocenters. The van der Waals surface area contributed by atoms with E-state index in [0.29, 0.717) is 35.5 Å². The molecule has 2 aromatic heterocycles. The Labute approximate surface area is 331 Å². The Morgan fingerprint density at radius 2 is 1.54 bits per heavy atom. The SMILES string of the molecule is [N-]=[N+]=NCCCN(c1ccc(C(=O)O)nc1)S(=O)(=O)c1cccc(C(=O)Nc2sc3c(c2C(=O)Nc2ccc(CCc4ccc(C(=O)O)cc4)cc2)CCCC3)c1. The van der Waals surface area contributed by atoms with Crippen molar-refractivity contribution in [2.45, 2.75) is 49.8 Å². The van der Waals surface area contributed by atoms with Gasteiger partial charge in [-0.15, -0.1) is 11.3 Å². The number of sulfonamides is 1. The second-order valence-corrected chi connectivity index (χ2v) is 16.1. The molecule has 4 N–H and O–H groups in total. The molecule has 1 aliphatic rings. The molecule has 5 aromatic rings. The first-order chi connectivity index (χ1) is 27.4. The molecule has 0 radical (unpaired) electrons. The molecule has 0 aliphatic heterocycles. The molecule has 15 nitrogen and oxygen atoms in total. The van der Waals surface area contributed by atoms with E-state index in [-0.39, 0.29) is 52.8 Å². The van der Waals surface area contributed by atoms with E-state index >= 15 is 0 Å². The minimum absolute atomic E-state index is 0.00573. The maximum absolute atomic E-state index is 14.0. The first-order valence-corrected chi connectivity index (χ1v) is 20.2. The van der Waals surface area contributed by atoms with Gasteiger partial charge < -0.3 is 20.8 Å². The number of carboxylic acid groups (broad SMARTS) is 2. The number of aromatic nitrogens is 1. The zero-order chi connectivity index (χ0) is 40.5. The third-order valence-corrected chi connectivity index (χ3v) is 12.4. The number of anilines is 3. The van der Waals surface area contributed by atoms with Crippen LogP contribution in [0.3, 0.4) is 0 Å². The predicted molar refractivity (Wildman–Crippen MR) is 215 cm³/mol. The van der Waals surface area contributed by atoms with Gasteiger partial charge in [-0.25, -0.2) is 23.0 Å². The fraction of sp³-hybridized carbons (Fsp3) is 0.225. The van der Waals surface area contributed by atoms with E-state index in [4.69, 9.17) is 10.6 Å². The van der Waals surface area contributed by atoms with Gasteiger partial charge in [0.05, 0.1) is 27.9 Å². The second-order valence-electron chi connectivity index (χ2n) is 13.1. The first kappa shape index (κ1) is 40.1. The van der Waals surface area contributed by atoms with Crippen LogP contribution in [-0.2, 0) is 35.7 Å². The summed E-state index contributed by atoms with van der Waals surface area (Å²) >= 11 is 1.33. The van der Waals surface area contributed by atoms with Crippen LogP contribution in [0.5, 0.6) is 0 Å². The lowest BCUT2D eigenvalue weighted by atomic mass is 9.95. The summed E-state index contributed by atoms with van der Waals surface area (Å²) in [6, 6.07) is 22.1. The van der Waals surface area contributed by atoms with Crippen LogP contribution in [0.2, 0.25) is 0 Å². The second kappa shape index (κ2) is 17.9. The quantitative estimate of drug-likeness (QED) is 0.0332. The third kappa shape index (κ3) is 9.64. The number of rotatable bonds is 16. The molecule has 17 heteroatoms. The Morgan fingerprint density at radius 3 is 2.19 bits per heavy atom. The van der Waals surface area contributed by atoms with Gasteiger partial charge in [0, 0.05) is 34.1 Å². The van der Waals surface area contributed by atoms with Gasteiger partial charge in [-0.3, -0.25) is 13.9 Å². The molecule has 0 atom stereocenters. The van der Waals surface area contributed by atoms with Crippen molar-refractivity contribution in [2.24, 2.45) is 5.11 Å². The number of amides is 2. The molecule has 292 valence electrons. The van der Waals surface area contributed by atoms with Gasteiger partial charge in [-0.05, 0) is 122 Å². The molecule has 6 rings (SSSR count). The van der Waals surface area contributed by atoms with Crippen molar-refractivity contribution in [3.05, 3.63) is 146 Å². The van der Waals surface area contributed by atoms with Crippen LogP contribution in [0.4, 0.5) is 16.4 Å². The maximum Gasteiger partial charge on any atom is 0.354 e. The van der Waals surface area contributed by atoms with Crippen LogP contribution >= 0.6 is 11.3 Å². The summed E-state index contributed by atoms with van der Waals surface area (Å²) in [5.74, 6) is -3.26. The van der Waals surface area contributed by atoms with Gasteiger partial charge in [-0.2, -0.15) is 0 Å². The van der Waals surface area contributed by atoms with Gasteiger partial charge in [0.2, 0.25) is 0 Å². The average molecular weight is 808 g/mol. The van der Waals surface area contributed by atoms with Crippen molar-refractivity contribution >= 4 is 61.5 Å². The van der Waals surface area contributed by atoms with Gasteiger partial charge in [-0.1, -0.05) is 35.4 Å². The van der Waals surface area contributed by atoms with E-state index in [0.717, 1.165) is 51.3 Å². The Bertz CT molecular complexity index is 2460. The minimum atomic E-state index is -4.34. The number of hydrogen-bond donors (Lipinski definition) is 4. The highest BCUT2D eigenvalue weighted by molar-refractivity contribution is 7.92. The molecular weight excluding hydrogens is 771 g/mol. The number of carbonyl (C=O) groups is 4. The summed E-state index contributed by atoms with van der Waals surface area (Å²) < 4.78 is 29.1. The first-order valence-electron chi connectivity index (χ1n) is 18.0. The summed E-state index contributed by atoms with van der Waals surface area (Å²) in [5, 5.41) is 28.1. The lowest BCUT2D eigenvalue weighted by Gasteiger charge is -2.24. The van der Waals surface area contributed by atoms with Crippen LogP contribution < -0.4 is 14.9 Å². The third-order valence-electron chi connectivity index (χ3n) is 9.36. The van der Waals surface area contributed by atoms with Crippen molar-refractivity contribution in [1.29, 1.82) is 0 Å². The van der Waals surface area contributed by atoms with Crippen LogP contribution in [-0.4, -0.2) is 60.5 Å². The summed E-state index contributed by atoms with van der Waals surface area (Å²) in [6.07, 6.45) is 5.95. The lowest BCUT2D eigenvalue weighted by molar-refractivity contribution is 0.0682. The molecule has 1 aliphatic carbocycles. The highest BCUT2D eigenvalue weighted by Gasteiger charge is 2.29. The van der Waals surface area contributed by atoms with Crippen molar-refractivity contribution in [1.82, 2.24) is 4.98 Å². The van der Waals surface area contributed by atoms with Crippen LogP contribution in [0.15, 0.2) is 101 Å². The van der Waals surface area contributed by atoms with Crippen LogP contribution in [0.25, 0.3) is 10.4 Å². The Kier molecular flexibility index (Phi) is 12.6. The Morgan fingerprint density at radius 1 is 0.842 bits per heavy atom. The van der Waals surface area contributed by atoms with E-state index < -0.39 is 27.9 Å². The zero-order valence-corrected chi connectivity index (χ0v) is 32.1. The zero-order valence-electron chi connectivity index (χ0n) is 30.4. The van der Waals surface area contributed by atoms with Crippen LogP contribution in [0, 0.1) is 0 Å². The van der Waals surface area contributed by atoms with E-state index in [1.807, 2.05) is 12.1 Å². The number of nitrogens with one attached hydrogen (secondary N) is 2. The minimum Gasteiger partial charge on any atom is -0.478 e. The summed E-state index contributed by atoms with van der Waals surface area (Å²) in [5.41, 5.74) is 12.6. The highest BCUT2D eigenvalue weighted by atomic mass is 32.2. The molecule has 57 heavy (non-hydrogen) atoms. The fourth-order valence-electron chi connectivity index (χ4n) is 6.42. The number of hydrogen-bond acceptors (Lipinski definition) is 9. The van der Waals surface area contributed by atoms with Crippen molar-refractivity contribution in [3.8, 4) is 0 Å². The van der Waals surface area contributed by atoms with Gasteiger partial charge >= 0.3 is 11.9 Å². The van der Waals surface area contributed by atoms with Gasteiger partial charge in [0.15, 0.2) is 0 Å². The summed E-state index contributed by atoms with van der Waals surface area (Å²) in [6.45, 7) is -0.121. The number of fused-ring (bicyclic) bond motifs is 1. The molecule has 0 spiro atoms. The normalized spacial score (nSPS) is 12.1. The molecule has 2 amide bonds. The smallest absolute Gasteiger partial charge is 0.354 e. The Hall–Kier alpha value is -6.55. The Balaban J connectivity index is 1.19. The molecule has 0 saturated carbocycles. The maximum atomic E-state index is 14.0. The van der Waals surface area contributed by atoms with E-state index in [1.54, 1.807) is 36.4 Å². The number of aromatic carboxylic acids is 2. The van der Waals surface area contributed by atoms with Crippen LogP contribution in [0.1, 0.15) is 82.4 Å². The molecule has 0 fully saturated rings. The highest BCUT2D eigenvalue weighted by Crippen LogP contribution is 2.39. The fourth-order valence-corrected chi connectivity index (χ4v) is 9.24. The molecule has 3 aromatic carbocycles.